The molecule has 2 N–H and O–H groups in total. The number of rotatable bonds is 7. The van der Waals surface area contributed by atoms with Crippen LogP contribution in [0.1, 0.15) is 37.8 Å². The van der Waals surface area contributed by atoms with E-state index in [-0.39, 0.29) is 6.61 Å². The molecule has 1 unspecified atom stereocenters. The molecule has 1 aromatic rings. The Morgan fingerprint density at radius 3 is 3.00 bits per heavy atom. The maximum atomic E-state index is 8.73. The number of aliphatic hydroxyl groups excluding tert-OH is 1. The van der Waals surface area contributed by atoms with Crippen molar-refractivity contribution in [1.82, 2.24) is 10.3 Å². The zero-order valence-corrected chi connectivity index (χ0v) is 9.32. The number of aromatic nitrogens is 1. The second-order valence-electron chi connectivity index (χ2n) is 3.66. The van der Waals surface area contributed by atoms with Crippen molar-refractivity contribution < 1.29 is 5.11 Å². The molecule has 0 radical (unpaired) electrons. The Kier molecular flexibility index (Phi) is 5.97. The van der Waals surface area contributed by atoms with Crippen molar-refractivity contribution >= 4 is 0 Å². The van der Waals surface area contributed by atoms with Crippen LogP contribution in [0.25, 0.3) is 0 Å². The molecule has 84 valence electrons. The van der Waals surface area contributed by atoms with Crippen LogP contribution < -0.4 is 5.32 Å². The third-order valence-corrected chi connectivity index (χ3v) is 2.39. The number of pyridine rings is 1. The molecule has 0 bridgehead atoms. The van der Waals surface area contributed by atoms with Gasteiger partial charge in [0.05, 0.1) is 0 Å². The minimum absolute atomic E-state index is 0.249. The fraction of sp³-hybridized carbons (Fsp3) is 0.583. The third-order valence-electron chi connectivity index (χ3n) is 2.39. The van der Waals surface area contributed by atoms with E-state index in [1.807, 2.05) is 12.3 Å². The van der Waals surface area contributed by atoms with Crippen LogP contribution in [-0.4, -0.2) is 23.2 Å². The number of hydrogen-bond acceptors (Lipinski definition) is 3. The lowest BCUT2D eigenvalue weighted by Gasteiger charge is -2.17. The third kappa shape index (κ3) is 4.40. The van der Waals surface area contributed by atoms with Gasteiger partial charge in [0.1, 0.15) is 0 Å². The first-order chi connectivity index (χ1) is 7.38. The SMILES string of the molecule is CCCC(NCCCO)c1cccnc1. The average molecular weight is 208 g/mol. The summed E-state index contributed by atoms with van der Waals surface area (Å²) in [5.74, 6) is 0. The topological polar surface area (TPSA) is 45.1 Å². The highest BCUT2D eigenvalue weighted by molar-refractivity contribution is 5.13. The van der Waals surface area contributed by atoms with Crippen LogP contribution in [0.5, 0.6) is 0 Å². The lowest BCUT2D eigenvalue weighted by atomic mass is 10.0. The molecular formula is C12H20N2O. The molecule has 0 aromatic carbocycles. The molecule has 0 aliphatic heterocycles. The molecule has 0 aliphatic carbocycles. The van der Waals surface area contributed by atoms with Gasteiger partial charge in [-0.3, -0.25) is 4.98 Å². The summed E-state index contributed by atoms with van der Waals surface area (Å²) in [7, 11) is 0. The van der Waals surface area contributed by atoms with E-state index in [0.717, 1.165) is 25.8 Å². The number of hydrogen-bond donors (Lipinski definition) is 2. The molecule has 0 saturated heterocycles. The van der Waals surface area contributed by atoms with Gasteiger partial charge in [0.15, 0.2) is 0 Å². The molecule has 0 fully saturated rings. The summed E-state index contributed by atoms with van der Waals surface area (Å²) in [6.45, 7) is 3.28. The van der Waals surface area contributed by atoms with E-state index in [9.17, 15) is 0 Å². The molecule has 0 spiro atoms. The van der Waals surface area contributed by atoms with Gasteiger partial charge in [-0.25, -0.2) is 0 Å². The fourth-order valence-corrected chi connectivity index (χ4v) is 1.61. The van der Waals surface area contributed by atoms with Crippen LogP contribution in [-0.2, 0) is 0 Å². The molecule has 1 heterocycles. The Morgan fingerprint density at radius 2 is 2.40 bits per heavy atom. The monoisotopic (exact) mass is 208 g/mol. The lowest BCUT2D eigenvalue weighted by Crippen LogP contribution is -2.23. The Balaban J connectivity index is 2.50. The molecule has 1 rings (SSSR count). The summed E-state index contributed by atoms with van der Waals surface area (Å²) < 4.78 is 0. The fourth-order valence-electron chi connectivity index (χ4n) is 1.61. The Hall–Kier alpha value is -0.930. The standard InChI is InChI=1S/C12H20N2O/c1-2-5-12(14-8-4-9-15)11-6-3-7-13-10-11/h3,6-7,10,12,14-15H,2,4-5,8-9H2,1H3. The second kappa shape index (κ2) is 7.37. The van der Waals surface area contributed by atoms with E-state index >= 15 is 0 Å². The molecule has 1 aromatic heterocycles. The molecule has 0 aliphatic rings. The summed E-state index contributed by atoms with van der Waals surface area (Å²) in [6.07, 6.45) is 6.76. The molecule has 3 nitrogen and oxygen atoms in total. The maximum Gasteiger partial charge on any atom is 0.0443 e. The minimum Gasteiger partial charge on any atom is -0.396 e. The highest BCUT2D eigenvalue weighted by Gasteiger charge is 2.08. The van der Waals surface area contributed by atoms with Crippen LogP contribution in [0, 0.1) is 0 Å². The summed E-state index contributed by atoms with van der Waals surface area (Å²) in [5, 5.41) is 12.2. The second-order valence-corrected chi connectivity index (χ2v) is 3.66. The van der Waals surface area contributed by atoms with Gasteiger partial charge in [-0.05, 0) is 31.0 Å². The highest BCUT2D eigenvalue weighted by Crippen LogP contribution is 2.16. The van der Waals surface area contributed by atoms with Crippen LogP contribution in [0.4, 0.5) is 0 Å². The van der Waals surface area contributed by atoms with Crippen LogP contribution in [0.15, 0.2) is 24.5 Å². The van der Waals surface area contributed by atoms with E-state index < -0.39 is 0 Å². The van der Waals surface area contributed by atoms with Gasteiger partial charge in [-0.2, -0.15) is 0 Å². The largest absolute Gasteiger partial charge is 0.396 e. The molecule has 1 atom stereocenters. The first kappa shape index (κ1) is 12.1. The van der Waals surface area contributed by atoms with Gasteiger partial charge < -0.3 is 10.4 Å². The van der Waals surface area contributed by atoms with Crippen molar-refractivity contribution in [1.29, 1.82) is 0 Å². The van der Waals surface area contributed by atoms with Gasteiger partial charge >= 0.3 is 0 Å². The summed E-state index contributed by atoms with van der Waals surface area (Å²) in [5.41, 5.74) is 1.23. The van der Waals surface area contributed by atoms with Crippen molar-refractivity contribution in [2.75, 3.05) is 13.2 Å². The Labute approximate surface area is 91.5 Å². The van der Waals surface area contributed by atoms with E-state index in [1.165, 1.54) is 5.56 Å². The van der Waals surface area contributed by atoms with Gasteiger partial charge in [-0.15, -0.1) is 0 Å². The Morgan fingerprint density at radius 1 is 1.53 bits per heavy atom. The molecule has 0 amide bonds. The van der Waals surface area contributed by atoms with E-state index in [1.54, 1.807) is 6.20 Å². The minimum atomic E-state index is 0.249. The van der Waals surface area contributed by atoms with Gasteiger partial charge in [0.25, 0.3) is 0 Å². The summed E-state index contributed by atoms with van der Waals surface area (Å²) >= 11 is 0. The van der Waals surface area contributed by atoms with E-state index in [4.69, 9.17) is 5.11 Å². The first-order valence-corrected chi connectivity index (χ1v) is 5.62. The van der Waals surface area contributed by atoms with E-state index in [0.29, 0.717) is 6.04 Å². The van der Waals surface area contributed by atoms with Crippen LogP contribution >= 0.6 is 0 Å². The summed E-state index contributed by atoms with van der Waals surface area (Å²) in [4.78, 5) is 4.13. The summed E-state index contributed by atoms with van der Waals surface area (Å²) in [6, 6.07) is 4.43. The quantitative estimate of drug-likeness (QED) is 0.673. The zero-order chi connectivity index (χ0) is 10.9. The van der Waals surface area contributed by atoms with Crippen molar-refractivity contribution in [2.45, 2.75) is 32.2 Å². The molecule has 15 heavy (non-hydrogen) atoms. The molecule has 3 heteroatoms. The van der Waals surface area contributed by atoms with Crippen molar-refractivity contribution in [3.05, 3.63) is 30.1 Å². The average Bonchev–Trinajstić information content (AvgIpc) is 2.29. The van der Waals surface area contributed by atoms with Crippen molar-refractivity contribution in [3.8, 4) is 0 Å². The Bertz CT molecular complexity index is 251. The van der Waals surface area contributed by atoms with Crippen molar-refractivity contribution in [3.63, 3.8) is 0 Å². The van der Waals surface area contributed by atoms with Crippen LogP contribution in [0.2, 0.25) is 0 Å². The number of aliphatic hydroxyl groups is 1. The highest BCUT2D eigenvalue weighted by atomic mass is 16.3. The van der Waals surface area contributed by atoms with Gasteiger partial charge in [0.2, 0.25) is 0 Å². The number of nitrogens with zero attached hydrogens (tertiary/aromatic N) is 1. The number of nitrogens with one attached hydrogen (secondary N) is 1. The van der Waals surface area contributed by atoms with Crippen LogP contribution in [0.3, 0.4) is 0 Å². The maximum absolute atomic E-state index is 8.73. The molecular weight excluding hydrogens is 188 g/mol. The van der Waals surface area contributed by atoms with Gasteiger partial charge in [-0.1, -0.05) is 19.4 Å². The normalized spacial score (nSPS) is 12.7. The first-order valence-electron chi connectivity index (χ1n) is 5.62. The predicted molar refractivity (Wildman–Crippen MR) is 61.6 cm³/mol. The zero-order valence-electron chi connectivity index (χ0n) is 9.32. The van der Waals surface area contributed by atoms with Gasteiger partial charge in [0, 0.05) is 25.0 Å². The van der Waals surface area contributed by atoms with Crippen molar-refractivity contribution in [2.24, 2.45) is 0 Å². The predicted octanol–water partition coefficient (Wildman–Crippen LogP) is 1.89. The lowest BCUT2D eigenvalue weighted by molar-refractivity contribution is 0.282. The smallest absolute Gasteiger partial charge is 0.0443 e. The molecule has 0 saturated carbocycles. The van der Waals surface area contributed by atoms with E-state index in [2.05, 4.69) is 23.3 Å².